The second-order valence-electron chi connectivity index (χ2n) is 5.47. The molecule has 0 radical (unpaired) electrons. The molecule has 14 heavy (non-hydrogen) atoms. The minimum atomic E-state index is -0.364. The molecule has 1 aliphatic carbocycles. The molecule has 1 heterocycles. The zero-order valence-corrected chi connectivity index (χ0v) is 9.25. The fourth-order valence-electron chi connectivity index (χ4n) is 2.08. The Hall–Kier alpha value is -0.730. The van der Waals surface area contributed by atoms with Gasteiger partial charge < -0.3 is 9.64 Å². The van der Waals surface area contributed by atoms with Gasteiger partial charge in [-0.05, 0) is 45.4 Å². The first-order chi connectivity index (χ1) is 6.46. The van der Waals surface area contributed by atoms with E-state index in [-0.39, 0.29) is 11.7 Å². The number of nitrogens with zero attached hydrogens (tertiary/aromatic N) is 1. The summed E-state index contributed by atoms with van der Waals surface area (Å²) in [6.07, 6.45) is 2.35. The monoisotopic (exact) mass is 197 g/mol. The predicted molar refractivity (Wildman–Crippen MR) is 54.0 cm³/mol. The van der Waals surface area contributed by atoms with Crippen LogP contribution in [0.4, 0.5) is 4.79 Å². The molecular formula is C11H19NO2. The van der Waals surface area contributed by atoms with Gasteiger partial charge in [-0.2, -0.15) is 0 Å². The maximum Gasteiger partial charge on any atom is 0.410 e. The summed E-state index contributed by atoms with van der Waals surface area (Å²) in [5.41, 5.74) is -0.364. The molecule has 1 aliphatic heterocycles. The highest BCUT2D eigenvalue weighted by molar-refractivity contribution is 5.68. The summed E-state index contributed by atoms with van der Waals surface area (Å²) in [7, 11) is 0. The van der Waals surface area contributed by atoms with Gasteiger partial charge >= 0.3 is 6.09 Å². The van der Waals surface area contributed by atoms with Gasteiger partial charge in [0.1, 0.15) is 5.60 Å². The van der Waals surface area contributed by atoms with Gasteiger partial charge in [-0.25, -0.2) is 4.79 Å². The number of ether oxygens (including phenoxy) is 1. The van der Waals surface area contributed by atoms with Crippen molar-refractivity contribution in [2.75, 3.05) is 13.1 Å². The lowest BCUT2D eigenvalue weighted by Gasteiger charge is -2.29. The Kier molecular flexibility index (Phi) is 2.20. The van der Waals surface area contributed by atoms with E-state index in [9.17, 15) is 4.79 Å². The third-order valence-electron chi connectivity index (χ3n) is 2.95. The van der Waals surface area contributed by atoms with E-state index < -0.39 is 0 Å². The van der Waals surface area contributed by atoms with Crippen LogP contribution in [0.25, 0.3) is 0 Å². The molecule has 2 atom stereocenters. The number of carbonyl (C=O) groups excluding carboxylic acids is 1. The van der Waals surface area contributed by atoms with Gasteiger partial charge in [0.25, 0.3) is 0 Å². The number of rotatable bonds is 0. The first-order valence-electron chi connectivity index (χ1n) is 5.43. The molecule has 3 nitrogen and oxygen atoms in total. The lowest BCUT2D eigenvalue weighted by Crippen LogP contribution is -2.40. The van der Waals surface area contributed by atoms with Crippen molar-refractivity contribution in [1.29, 1.82) is 0 Å². The summed E-state index contributed by atoms with van der Waals surface area (Å²) in [5.74, 6) is 1.69. The molecule has 2 rings (SSSR count). The van der Waals surface area contributed by atoms with Gasteiger partial charge in [-0.1, -0.05) is 0 Å². The molecule has 80 valence electrons. The zero-order chi connectivity index (χ0) is 10.3. The lowest BCUT2D eigenvalue weighted by atomic mass is 10.1. The van der Waals surface area contributed by atoms with E-state index in [1.807, 2.05) is 25.7 Å². The van der Waals surface area contributed by atoms with Crippen molar-refractivity contribution >= 4 is 6.09 Å². The van der Waals surface area contributed by atoms with Crippen LogP contribution in [0.5, 0.6) is 0 Å². The van der Waals surface area contributed by atoms with Crippen LogP contribution in [0.15, 0.2) is 0 Å². The van der Waals surface area contributed by atoms with Gasteiger partial charge in [-0.3, -0.25) is 0 Å². The summed E-state index contributed by atoms with van der Waals surface area (Å²) in [6, 6.07) is 0. The van der Waals surface area contributed by atoms with Crippen LogP contribution in [0.3, 0.4) is 0 Å². The SMILES string of the molecule is CC(C)(C)OC(=O)N1CC[C@H]2C[C@H]2C1. The Bertz CT molecular complexity index is 244. The summed E-state index contributed by atoms with van der Waals surface area (Å²) in [4.78, 5) is 13.5. The number of likely N-dealkylation sites (tertiary alicyclic amines) is 1. The van der Waals surface area contributed by atoms with E-state index in [4.69, 9.17) is 4.74 Å². The van der Waals surface area contributed by atoms with Crippen LogP contribution in [0.1, 0.15) is 33.6 Å². The Morgan fingerprint density at radius 1 is 1.36 bits per heavy atom. The van der Waals surface area contributed by atoms with E-state index in [1.54, 1.807) is 0 Å². The highest BCUT2D eigenvalue weighted by atomic mass is 16.6. The van der Waals surface area contributed by atoms with Crippen LogP contribution in [-0.4, -0.2) is 29.7 Å². The molecule has 0 aromatic heterocycles. The fraction of sp³-hybridized carbons (Fsp3) is 0.909. The zero-order valence-electron chi connectivity index (χ0n) is 9.25. The highest BCUT2D eigenvalue weighted by Gasteiger charge is 2.43. The molecule has 1 saturated carbocycles. The molecule has 2 fully saturated rings. The number of carbonyl (C=O) groups is 1. The lowest BCUT2D eigenvalue weighted by molar-refractivity contribution is 0.0207. The Morgan fingerprint density at radius 2 is 2.07 bits per heavy atom. The van der Waals surface area contributed by atoms with E-state index in [0.717, 1.165) is 24.9 Å². The smallest absolute Gasteiger partial charge is 0.410 e. The van der Waals surface area contributed by atoms with Crippen molar-refractivity contribution in [3.05, 3.63) is 0 Å². The minimum absolute atomic E-state index is 0.136. The van der Waals surface area contributed by atoms with Crippen LogP contribution in [0.2, 0.25) is 0 Å². The average Bonchev–Trinajstić information content (AvgIpc) is 2.77. The molecule has 1 saturated heterocycles. The largest absolute Gasteiger partial charge is 0.444 e. The second-order valence-corrected chi connectivity index (χ2v) is 5.47. The number of fused-ring (bicyclic) bond motifs is 1. The number of piperidine rings is 1. The van der Waals surface area contributed by atoms with E-state index in [1.165, 1.54) is 12.8 Å². The maximum absolute atomic E-state index is 11.7. The van der Waals surface area contributed by atoms with Crippen LogP contribution in [-0.2, 0) is 4.74 Å². The molecule has 2 aliphatic rings. The maximum atomic E-state index is 11.7. The molecule has 0 N–H and O–H groups in total. The van der Waals surface area contributed by atoms with Gasteiger partial charge in [-0.15, -0.1) is 0 Å². The molecule has 1 amide bonds. The normalized spacial score (nSPS) is 30.9. The molecule has 0 bridgehead atoms. The van der Waals surface area contributed by atoms with E-state index in [0.29, 0.717) is 0 Å². The third-order valence-corrected chi connectivity index (χ3v) is 2.95. The van der Waals surface area contributed by atoms with Crippen molar-refractivity contribution in [3.8, 4) is 0 Å². The average molecular weight is 197 g/mol. The van der Waals surface area contributed by atoms with Crippen molar-refractivity contribution in [2.45, 2.75) is 39.2 Å². The van der Waals surface area contributed by atoms with E-state index >= 15 is 0 Å². The Balaban J connectivity index is 1.85. The number of hydrogen-bond donors (Lipinski definition) is 0. The Morgan fingerprint density at radius 3 is 2.64 bits per heavy atom. The number of amides is 1. The molecular weight excluding hydrogens is 178 g/mol. The summed E-state index contributed by atoms with van der Waals surface area (Å²) >= 11 is 0. The van der Waals surface area contributed by atoms with Crippen LogP contribution >= 0.6 is 0 Å². The Labute approximate surface area is 85.4 Å². The number of hydrogen-bond acceptors (Lipinski definition) is 2. The highest BCUT2D eigenvalue weighted by Crippen LogP contribution is 2.44. The minimum Gasteiger partial charge on any atom is -0.444 e. The third kappa shape index (κ3) is 2.20. The standard InChI is InChI=1S/C11H19NO2/c1-11(2,3)14-10(13)12-5-4-8-6-9(8)7-12/h8-9H,4-7H2,1-3H3/t8-,9-/m0/s1. The predicted octanol–water partition coefficient (Wildman–Crippen LogP) is 2.26. The van der Waals surface area contributed by atoms with Gasteiger partial charge in [0.2, 0.25) is 0 Å². The van der Waals surface area contributed by atoms with Crippen molar-refractivity contribution in [1.82, 2.24) is 4.90 Å². The topological polar surface area (TPSA) is 29.5 Å². The van der Waals surface area contributed by atoms with Crippen molar-refractivity contribution < 1.29 is 9.53 Å². The second kappa shape index (κ2) is 3.14. The first kappa shape index (κ1) is 9.81. The van der Waals surface area contributed by atoms with E-state index in [2.05, 4.69) is 0 Å². The van der Waals surface area contributed by atoms with Gasteiger partial charge in [0.05, 0.1) is 0 Å². The molecule has 0 aromatic rings. The van der Waals surface area contributed by atoms with Crippen LogP contribution < -0.4 is 0 Å². The summed E-state index contributed by atoms with van der Waals surface area (Å²) in [6.45, 7) is 7.54. The van der Waals surface area contributed by atoms with Gasteiger partial charge in [0, 0.05) is 13.1 Å². The summed E-state index contributed by atoms with van der Waals surface area (Å²) in [5, 5.41) is 0. The molecule has 0 unspecified atom stereocenters. The molecule has 0 aromatic carbocycles. The molecule has 3 heteroatoms. The van der Waals surface area contributed by atoms with Crippen molar-refractivity contribution in [3.63, 3.8) is 0 Å². The van der Waals surface area contributed by atoms with Crippen LogP contribution in [0, 0.1) is 11.8 Å². The van der Waals surface area contributed by atoms with Crippen molar-refractivity contribution in [2.24, 2.45) is 11.8 Å². The quantitative estimate of drug-likeness (QED) is 0.596. The fourth-order valence-corrected chi connectivity index (χ4v) is 2.08. The molecule has 0 spiro atoms. The first-order valence-corrected chi connectivity index (χ1v) is 5.43. The summed E-state index contributed by atoms with van der Waals surface area (Å²) < 4.78 is 5.33. The van der Waals surface area contributed by atoms with Gasteiger partial charge in [0.15, 0.2) is 0 Å².